The van der Waals surface area contributed by atoms with Gasteiger partial charge in [-0.25, -0.2) is 13.6 Å². The molecule has 0 aliphatic heterocycles. The van der Waals surface area contributed by atoms with E-state index in [4.69, 9.17) is 0 Å². The van der Waals surface area contributed by atoms with Crippen LogP contribution in [0.3, 0.4) is 0 Å². The van der Waals surface area contributed by atoms with Crippen LogP contribution in [0.15, 0.2) is 0 Å². The Labute approximate surface area is 69.6 Å². The summed E-state index contributed by atoms with van der Waals surface area (Å²) >= 11 is 0. The Morgan fingerprint density at radius 2 is 1.67 bits per heavy atom. The maximum Gasteiger partial charge on any atom is 0.511 e. The van der Waals surface area contributed by atoms with E-state index in [0.717, 1.165) is 6.92 Å². The van der Waals surface area contributed by atoms with Gasteiger partial charge in [0.1, 0.15) is 12.3 Å². The molecule has 0 amide bonds. The zero-order valence-corrected chi connectivity index (χ0v) is 7.21. The number of hydrogen-bond donors (Lipinski definition) is 0. The predicted octanol–water partition coefficient (Wildman–Crippen LogP) is 2.20. The molecule has 72 valence electrons. The lowest BCUT2D eigenvalue weighted by Gasteiger charge is -2.13. The number of hydrogen-bond acceptors (Lipinski definition) is 3. The Kier molecular flexibility index (Phi) is 4.54. The Morgan fingerprint density at radius 1 is 1.17 bits per heavy atom. The van der Waals surface area contributed by atoms with Crippen molar-refractivity contribution in [3.05, 3.63) is 0 Å². The fourth-order valence-corrected chi connectivity index (χ4v) is 0.406. The summed E-state index contributed by atoms with van der Waals surface area (Å²) in [6.45, 7) is 3.62. The second-order valence-corrected chi connectivity index (χ2v) is 2.41. The van der Waals surface area contributed by atoms with Crippen LogP contribution in [0.1, 0.15) is 20.8 Å². The Morgan fingerprint density at radius 3 is 2.00 bits per heavy atom. The quantitative estimate of drug-likeness (QED) is 0.627. The van der Waals surface area contributed by atoms with E-state index in [9.17, 15) is 13.6 Å². The lowest BCUT2D eigenvalue weighted by molar-refractivity contribution is -0.0459. The maximum absolute atomic E-state index is 12.4. The molecular weight excluding hydrogens is 170 g/mol. The van der Waals surface area contributed by atoms with E-state index >= 15 is 0 Å². The molecule has 0 aliphatic rings. The Hall–Kier alpha value is -0.870. The van der Waals surface area contributed by atoms with E-state index in [1.54, 1.807) is 0 Å². The minimum absolute atomic E-state index is 0.920. The van der Waals surface area contributed by atoms with Crippen LogP contribution < -0.4 is 0 Å². The molecule has 0 aliphatic carbocycles. The summed E-state index contributed by atoms with van der Waals surface area (Å²) < 4.78 is 32.7. The predicted molar refractivity (Wildman–Crippen MR) is 38.2 cm³/mol. The van der Waals surface area contributed by atoms with Crippen molar-refractivity contribution in [2.45, 2.75) is 39.4 Å². The fraction of sp³-hybridized carbons (Fsp3) is 0.857. The van der Waals surface area contributed by atoms with E-state index in [1.165, 1.54) is 13.8 Å². The van der Waals surface area contributed by atoms with Gasteiger partial charge in [0.25, 0.3) is 0 Å². The SMILES string of the molecule is C[C@H](F)OC(=O)O[C@@H](C)[C@@H](C)F. The number of alkyl halides is 2. The zero-order valence-electron chi connectivity index (χ0n) is 7.21. The van der Waals surface area contributed by atoms with E-state index in [-0.39, 0.29) is 0 Å². The van der Waals surface area contributed by atoms with Gasteiger partial charge in [0.05, 0.1) is 0 Å². The van der Waals surface area contributed by atoms with E-state index in [2.05, 4.69) is 9.47 Å². The minimum atomic E-state index is -1.74. The molecule has 0 heterocycles. The molecule has 0 bridgehead atoms. The molecule has 0 spiro atoms. The molecule has 0 unspecified atom stereocenters. The number of carbonyl (C=O) groups is 1. The van der Waals surface area contributed by atoms with E-state index in [1.807, 2.05) is 0 Å². The highest BCUT2D eigenvalue weighted by atomic mass is 19.1. The normalized spacial score (nSPS) is 17.8. The molecule has 0 radical (unpaired) electrons. The fourth-order valence-electron chi connectivity index (χ4n) is 0.406. The van der Waals surface area contributed by atoms with Crippen LogP contribution in [0, 0.1) is 0 Å². The van der Waals surface area contributed by atoms with Crippen molar-refractivity contribution in [1.29, 1.82) is 0 Å². The molecule has 0 saturated carbocycles. The monoisotopic (exact) mass is 182 g/mol. The highest BCUT2D eigenvalue weighted by Crippen LogP contribution is 2.05. The first kappa shape index (κ1) is 11.1. The number of halogens is 2. The zero-order chi connectivity index (χ0) is 9.72. The molecule has 3 atom stereocenters. The molecule has 0 rings (SSSR count). The number of ether oxygens (including phenoxy) is 2. The first-order valence-electron chi connectivity index (χ1n) is 3.59. The summed E-state index contributed by atoms with van der Waals surface area (Å²) in [6.07, 6.45) is -5.15. The van der Waals surface area contributed by atoms with Gasteiger partial charge in [-0.1, -0.05) is 0 Å². The van der Waals surface area contributed by atoms with Gasteiger partial charge in [0.15, 0.2) is 0 Å². The molecule has 12 heavy (non-hydrogen) atoms. The van der Waals surface area contributed by atoms with E-state index < -0.39 is 24.8 Å². The van der Waals surface area contributed by atoms with Crippen molar-refractivity contribution < 1.29 is 23.0 Å². The molecule has 0 aromatic heterocycles. The molecule has 5 heteroatoms. The van der Waals surface area contributed by atoms with Gasteiger partial charge in [0.2, 0.25) is 6.36 Å². The highest BCUT2D eigenvalue weighted by molar-refractivity contribution is 5.60. The summed E-state index contributed by atoms with van der Waals surface area (Å²) in [6, 6.07) is 0. The van der Waals surface area contributed by atoms with Crippen LogP contribution in [-0.2, 0) is 9.47 Å². The van der Waals surface area contributed by atoms with Crippen LogP contribution in [0.2, 0.25) is 0 Å². The van der Waals surface area contributed by atoms with Crippen LogP contribution >= 0.6 is 0 Å². The Balaban J connectivity index is 3.69. The first-order chi connectivity index (χ1) is 5.43. The molecule has 3 nitrogen and oxygen atoms in total. The number of rotatable bonds is 3. The third-order valence-electron chi connectivity index (χ3n) is 1.19. The van der Waals surface area contributed by atoms with E-state index in [0.29, 0.717) is 0 Å². The van der Waals surface area contributed by atoms with Gasteiger partial charge in [-0.2, -0.15) is 0 Å². The second-order valence-electron chi connectivity index (χ2n) is 2.41. The molecular formula is C7H12F2O3. The van der Waals surface area contributed by atoms with Crippen molar-refractivity contribution in [3.8, 4) is 0 Å². The number of carbonyl (C=O) groups excluding carboxylic acids is 1. The molecule has 0 aromatic rings. The summed E-state index contributed by atoms with van der Waals surface area (Å²) in [5.41, 5.74) is 0. The lowest BCUT2D eigenvalue weighted by Crippen LogP contribution is -2.24. The van der Waals surface area contributed by atoms with Crippen LogP contribution in [-0.4, -0.2) is 24.8 Å². The topological polar surface area (TPSA) is 35.5 Å². The molecule has 0 aromatic carbocycles. The second kappa shape index (κ2) is 4.90. The van der Waals surface area contributed by atoms with Gasteiger partial charge >= 0.3 is 6.16 Å². The molecule has 0 N–H and O–H groups in total. The van der Waals surface area contributed by atoms with Gasteiger partial charge in [-0.3, -0.25) is 0 Å². The minimum Gasteiger partial charge on any atom is -0.428 e. The smallest absolute Gasteiger partial charge is 0.428 e. The van der Waals surface area contributed by atoms with Gasteiger partial charge in [-0.15, -0.1) is 0 Å². The third kappa shape index (κ3) is 4.87. The average molecular weight is 182 g/mol. The summed E-state index contributed by atoms with van der Waals surface area (Å²) in [5.74, 6) is 0. The lowest BCUT2D eigenvalue weighted by atomic mass is 10.3. The van der Waals surface area contributed by atoms with Crippen LogP contribution in [0.5, 0.6) is 0 Å². The average Bonchev–Trinajstić information content (AvgIpc) is 1.84. The first-order valence-corrected chi connectivity index (χ1v) is 3.59. The summed E-state index contributed by atoms with van der Waals surface area (Å²) in [7, 11) is 0. The van der Waals surface area contributed by atoms with Crippen LogP contribution in [0.4, 0.5) is 13.6 Å². The summed E-state index contributed by atoms with van der Waals surface area (Å²) in [5, 5.41) is 0. The van der Waals surface area contributed by atoms with Crippen molar-refractivity contribution in [2.75, 3.05) is 0 Å². The molecule has 0 fully saturated rings. The van der Waals surface area contributed by atoms with Gasteiger partial charge in [0, 0.05) is 6.92 Å². The Bertz CT molecular complexity index is 148. The van der Waals surface area contributed by atoms with Crippen LogP contribution in [0.25, 0.3) is 0 Å². The van der Waals surface area contributed by atoms with Gasteiger partial charge < -0.3 is 9.47 Å². The van der Waals surface area contributed by atoms with Crippen molar-refractivity contribution >= 4 is 6.16 Å². The standard InChI is InChI=1S/C7H12F2O3/c1-4(8)5(2)11-7(10)12-6(3)9/h4-6H,1-3H3/t4-,5+,6-/m1/s1. The van der Waals surface area contributed by atoms with Gasteiger partial charge in [-0.05, 0) is 13.8 Å². The van der Waals surface area contributed by atoms with Crippen molar-refractivity contribution in [3.63, 3.8) is 0 Å². The summed E-state index contributed by atoms with van der Waals surface area (Å²) in [4.78, 5) is 10.5. The third-order valence-corrected chi connectivity index (χ3v) is 1.19. The van der Waals surface area contributed by atoms with Crippen molar-refractivity contribution in [1.82, 2.24) is 0 Å². The largest absolute Gasteiger partial charge is 0.511 e. The highest BCUT2D eigenvalue weighted by Gasteiger charge is 2.18. The van der Waals surface area contributed by atoms with Crippen molar-refractivity contribution in [2.24, 2.45) is 0 Å². The molecule has 0 saturated heterocycles. The maximum atomic E-state index is 12.4.